The maximum absolute atomic E-state index is 4.63. The Morgan fingerprint density at radius 3 is 1.72 bits per heavy atom. The third-order valence-corrected chi connectivity index (χ3v) is 12.3. The summed E-state index contributed by atoms with van der Waals surface area (Å²) >= 11 is 0. The summed E-state index contributed by atoms with van der Waals surface area (Å²) in [6, 6.07) is 18.8. The minimum atomic E-state index is 0.530. The van der Waals surface area contributed by atoms with E-state index in [0.717, 1.165) is 29.4 Å². The molecular weight excluding hydrogens is 649 g/mol. The predicted octanol–water partition coefficient (Wildman–Crippen LogP) is 10.9. The van der Waals surface area contributed by atoms with E-state index in [2.05, 4.69) is 134 Å². The van der Waals surface area contributed by atoms with Gasteiger partial charge in [-0.25, -0.2) is 0 Å². The number of aromatic nitrogens is 2. The van der Waals surface area contributed by atoms with E-state index in [1.807, 2.05) is 12.4 Å². The SMILES string of the molecule is CCN(CCCC(C)N(C)c1ccnc2cc(C)ccc12)CC1CCCC1.Cc1ccc2c(N(CC3CCCC3)C(C)CCCN(C)C)ccnc2c1. The Labute approximate surface area is 323 Å². The zero-order valence-corrected chi connectivity index (χ0v) is 34.8. The molecule has 2 aromatic carbocycles. The molecule has 0 bridgehead atoms. The third-order valence-electron chi connectivity index (χ3n) is 12.3. The van der Waals surface area contributed by atoms with Gasteiger partial charge in [0.2, 0.25) is 0 Å². The fraction of sp³-hybridized carbons (Fsp3) is 0.617. The number of hydrogen-bond acceptors (Lipinski definition) is 6. The molecule has 2 aliphatic carbocycles. The molecule has 0 spiro atoms. The lowest BCUT2D eigenvalue weighted by Crippen LogP contribution is -2.37. The normalized spacial score (nSPS) is 16.4. The largest absolute Gasteiger partial charge is 0.371 e. The minimum Gasteiger partial charge on any atom is -0.371 e. The smallest absolute Gasteiger partial charge is 0.0725 e. The number of rotatable bonds is 17. The second-order valence-corrected chi connectivity index (χ2v) is 16.9. The molecule has 2 saturated carbocycles. The van der Waals surface area contributed by atoms with Crippen LogP contribution in [0.3, 0.4) is 0 Å². The highest BCUT2D eigenvalue weighted by molar-refractivity contribution is 5.92. The summed E-state index contributed by atoms with van der Waals surface area (Å²) in [5, 5.41) is 2.56. The molecule has 4 aromatic rings. The van der Waals surface area contributed by atoms with Crippen molar-refractivity contribution in [3.8, 4) is 0 Å². The van der Waals surface area contributed by atoms with E-state index in [0.29, 0.717) is 12.1 Å². The first-order valence-electron chi connectivity index (χ1n) is 21.2. The zero-order chi connectivity index (χ0) is 37.7. The van der Waals surface area contributed by atoms with Crippen molar-refractivity contribution in [1.29, 1.82) is 0 Å². The highest BCUT2D eigenvalue weighted by Gasteiger charge is 2.24. The average molecular weight is 721 g/mol. The predicted molar refractivity (Wildman–Crippen MR) is 231 cm³/mol. The molecule has 2 atom stereocenters. The van der Waals surface area contributed by atoms with Crippen molar-refractivity contribution in [2.24, 2.45) is 11.8 Å². The van der Waals surface area contributed by atoms with Crippen molar-refractivity contribution in [3.63, 3.8) is 0 Å². The van der Waals surface area contributed by atoms with Gasteiger partial charge in [-0.15, -0.1) is 0 Å². The number of hydrogen-bond donors (Lipinski definition) is 0. The van der Waals surface area contributed by atoms with Crippen LogP contribution in [0.5, 0.6) is 0 Å². The molecule has 0 saturated heterocycles. The molecule has 53 heavy (non-hydrogen) atoms. The van der Waals surface area contributed by atoms with Crippen LogP contribution in [0.25, 0.3) is 21.8 Å². The van der Waals surface area contributed by atoms with E-state index in [4.69, 9.17) is 0 Å². The van der Waals surface area contributed by atoms with Crippen LogP contribution < -0.4 is 9.80 Å². The minimum absolute atomic E-state index is 0.530. The molecule has 6 nitrogen and oxygen atoms in total. The molecule has 290 valence electrons. The van der Waals surface area contributed by atoms with Crippen molar-refractivity contribution in [2.75, 3.05) is 63.7 Å². The number of aryl methyl sites for hydroxylation is 2. The van der Waals surface area contributed by atoms with Gasteiger partial charge in [-0.05, 0) is 160 Å². The Balaban J connectivity index is 0.000000204. The molecule has 2 unspecified atom stereocenters. The number of fused-ring (bicyclic) bond motifs is 2. The molecule has 2 aliphatic rings. The maximum Gasteiger partial charge on any atom is 0.0725 e. The van der Waals surface area contributed by atoms with Gasteiger partial charge < -0.3 is 19.6 Å². The summed E-state index contributed by atoms with van der Waals surface area (Å²) in [6.07, 6.45) is 20.3. The van der Waals surface area contributed by atoms with E-state index in [1.54, 1.807) is 0 Å². The molecule has 6 heteroatoms. The van der Waals surface area contributed by atoms with E-state index in [1.165, 1.54) is 137 Å². The first-order chi connectivity index (χ1) is 25.6. The van der Waals surface area contributed by atoms with Gasteiger partial charge in [0.25, 0.3) is 0 Å². The molecule has 2 heterocycles. The molecule has 2 fully saturated rings. The summed E-state index contributed by atoms with van der Waals surface area (Å²) < 4.78 is 0. The summed E-state index contributed by atoms with van der Waals surface area (Å²) in [4.78, 5) is 19.3. The van der Waals surface area contributed by atoms with Crippen LogP contribution in [0, 0.1) is 25.7 Å². The second-order valence-electron chi connectivity index (χ2n) is 16.9. The van der Waals surface area contributed by atoms with Crippen molar-refractivity contribution in [2.45, 2.75) is 124 Å². The van der Waals surface area contributed by atoms with Gasteiger partial charge in [-0.2, -0.15) is 0 Å². The number of pyridine rings is 2. The van der Waals surface area contributed by atoms with Crippen molar-refractivity contribution >= 4 is 33.2 Å². The Hall–Kier alpha value is -3.22. The monoisotopic (exact) mass is 721 g/mol. The first-order valence-corrected chi connectivity index (χ1v) is 21.2. The van der Waals surface area contributed by atoms with E-state index >= 15 is 0 Å². The molecule has 2 aromatic heterocycles. The average Bonchev–Trinajstić information content (AvgIpc) is 3.87. The van der Waals surface area contributed by atoms with Crippen LogP contribution in [0.1, 0.15) is 109 Å². The summed E-state index contributed by atoms with van der Waals surface area (Å²) in [6.45, 7) is 17.5. The summed E-state index contributed by atoms with van der Waals surface area (Å²) in [7, 11) is 6.56. The van der Waals surface area contributed by atoms with Crippen molar-refractivity contribution < 1.29 is 0 Å². The first kappa shape index (κ1) is 41.0. The summed E-state index contributed by atoms with van der Waals surface area (Å²) in [5.74, 6) is 1.80. The third kappa shape index (κ3) is 11.9. The van der Waals surface area contributed by atoms with Crippen LogP contribution >= 0.6 is 0 Å². The number of anilines is 2. The Morgan fingerprint density at radius 1 is 0.642 bits per heavy atom. The quantitative estimate of drug-likeness (QED) is 0.108. The van der Waals surface area contributed by atoms with Crippen LogP contribution in [-0.4, -0.2) is 85.7 Å². The zero-order valence-electron chi connectivity index (χ0n) is 34.8. The Bertz CT molecular complexity index is 1670. The highest BCUT2D eigenvalue weighted by atomic mass is 15.2. The maximum atomic E-state index is 4.63. The van der Waals surface area contributed by atoms with Gasteiger partial charge in [0.05, 0.1) is 11.0 Å². The Kier molecular flexibility index (Phi) is 15.8. The molecule has 0 N–H and O–H groups in total. The van der Waals surface area contributed by atoms with Crippen molar-refractivity contribution in [3.05, 3.63) is 72.1 Å². The van der Waals surface area contributed by atoms with Gasteiger partial charge >= 0.3 is 0 Å². The van der Waals surface area contributed by atoms with E-state index in [-0.39, 0.29) is 0 Å². The Morgan fingerprint density at radius 2 is 1.15 bits per heavy atom. The van der Waals surface area contributed by atoms with Gasteiger partial charge in [0.15, 0.2) is 0 Å². The van der Waals surface area contributed by atoms with Crippen LogP contribution in [0.4, 0.5) is 11.4 Å². The molecule has 6 rings (SSSR count). The topological polar surface area (TPSA) is 38.7 Å². The number of nitrogens with zero attached hydrogens (tertiary/aromatic N) is 6. The molecule has 0 aliphatic heterocycles. The van der Waals surface area contributed by atoms with E-state index < -0.39 is 0 Å². The summed E-state index contributed by atoms with van der Waals surface area (Å²) in [5.41, 5.74) is 7.44. The second kappa shape index (κ2) is 20.5. The highest BCUT2D eigenvalue weighted by Crippen LogP contribution is 2.33. The number of benzene rings is 2. The lowest BCUT2D eigenvalue weighted by atomic mass is 10.0. The fourth-order valence-electron chi connectivity index (χ4n) is 8.87. The lowest BCUT2D eigenvalue weighted by Gasteiger charge is -2.35. The van der Waals surface area contributed by atoms with Crippen LogP contribution in [-0.2, 0) is 0 Å². The standard InChI is InChI=1S/C24H37N3.C23H35N3/c1-5-27(18-21-10-6-7-11-21)16-8-9-20(3)26(4)24-14-15-25-23-17-19(2)12-13-22(23)24;1-18-11-12-21-22(16-18)24-14-13-23(21)26(17-20-9-5-6-10-20)19(2)8-7-15-25(3)4/h12-15,17,20-21H,5-11,16,18H2,1-4H3;11-14,16,19-20H,5-10,15,17H2,1-4H3. The van der Waals surface area contributed by atoms with Gasteiger partial charge in [0, 0.05) is 66.8 Å². The van der Waals surface area contributed by atoms with E-state index in [9.17, 15) is 0 Å². The molecular formula is C47H72N6. The lowest BCUT2D eigenvalue weighted by molar-refractivity contribution is 0.236. The fourth-order valence-corrected chi connectivity index (χ4v) is 8.87. The van der Waals surface area contributed by atoms with Gasteiger partial charge in [-0.1, -0.05) is 56.9 Å². The van der Waals surface area contributed by atoms with Crippen molar-refractivity contribution in [1.82, 2.24) is 19.8 Å². The van der Waals surface area contributed by atoms with Gasteiger partial charge in [-0.3, -0.25) is 9.97 Å². The van der Waals surface area contributed by atoms with Gasteiger partial charge in [0.1, 0.15) is 0 Å². The molecule has 0 amide bonds. The van der Waals surface area contributed by atoms with Crippen LogP contribution in [0.15, 0.2) is 60.9 Å². The molecule has 0 radical (unpaired) electrons. The van der Waals surface area contributed by atoms with Crippen LogP contribution in [0.2, 0.25) is 0 Å².